The zero-order chi connectivity index (χ0) is 19.8. The highest BCUT2D eigenvalue weighted by molar-refractivity contribution is 8.13. The Morgan fingerprint density at radius 1 is 1.37 bits per heavy atom. The van der Waals surface area contributed by atoms with E-state index in [1.807, 2.05) is 6.92 Å². The van der Waals surface area contributed by atoms with Gasteiger partial charge < -0.3 is 20.3 Å². The van der Waals surface area contributed by atoms with E-state index in [4.69, 9.17) is 4.74 Å². The molecular weight excluding hydrogens is 366 g/mol. The summed E-state index contributed by atoms with van der Waals surface area (Å²) in [6, 6.07) is -0.353. The van der Waals surface area contributed by atoms with Crippen LogP contribution in [-0.4, -0.2) is 51.5 Å². The van der Waals surface area contributed by atoms with E-state index in [1.165, 1.54) is 6.08 Å². The molecule has 0 aliphatic carbocycles. The third kappa shape index (κ3) is 8.07. The minimum atomic E-state index is -0.820. The highest BCUT2D eigenvalue weighted by Gasteiger charge is 2.31. The number of allylic oxidation sites excluding steroid dienone is 3. The van der Waals surface area contributed by atoms with Crippen molar-refractivity contribution in [2.24, 2.45) is 5.92 Å². The van der Waals surface area contributed by atoms with Gasteiger partial charge in [-0.25, -0.2) is 4.79 Å². The van der Waals surface area contributed by atoms with Gasteiger partial charge in [-0.2, -0.15) is 0 Å². The number of thioether (sulfide) groups is 1. The fourth-order valence-electron chi connectivity index (χ4n) is 3.32. The Kier molecular flexibility index (Phi) is 8.86. The number of aliphatic hydroxyl groups excluding tert-OH is 2. The lowest BCUT2D eigenvalue weighted by Gasteiger charge is -2.25. The summed E-state index contributed by atoms with van der Waals surface area (Å²) in [6.07, 6.45) is 7.34. The van der Waals surface area contributed by atoms with Gasteiger partial charge in [0.15, 0.2) is 0 Å². The van der Waals surface area contributed by atoms with Crippen LogP contribution in [0, 0.1) is 5.92 Å². The van der Waals surface area contributed by atoms with Crippen LogP contribution in [0.2, 0.25) is 0 Å². The molecule has 0 spiro atoms. The Morgan fingerprint density at radius 3 is 2.85 bits per heavy atom. The molecule has 2 aliphatic rings. The quantitative estimate of drug-likeness (QED) is 0.501. The summed E-state index contributed by atoms with van der Waals surface area (Å²) in [5, 5.41) is 23.4. The predicted octanol–water partition coefficient (Wildman–Crippen LogP) is 2.94. The largest absolute Gasteiger partial charge is 0.459 e. The summed E-state index contributed by atoms with van der Waals surface area (Å²) in [4.78, 5) is 23.6. The molecule has 1 saturated heterocycles. The van der Waals surface area contributed by atoms with E-state index in [9.17, 15) is 19.8 Å². The third-order valence-electron chi connectivity index (χ3n) is 4.97. The van der Waals surface area contributed by atoms with Crippen LogP contribution in [0.25, 0.3) is 0 Å². The molecule has 5 atom stereocenters. The highest BCUT2D eigenvalue weighted by Crippen LogP contribution is 2.22. The SMILES string of the molecule is C/C1=C/C(=O)O[C@@H](C[C@H](O)[C@@H]2CSC(=O)N2)C[C@H](O)CC[C@H](C)/C=C\CC1. The lowest BCUT2D eigenvalue weighted by molar-refractivity contribution is -0.146. The zero-order valence-corrected chi connectivity index (χ0v) is 16.9. The molecule has 1 fully saturated rings. The Labute approximate surface area is 165 Å². The number of aliphatic hydroxyl groups is 2. The molecule has 0 unspecified atom stereocenters. The van der Waals surface area contributed by atoms with Crippen molar-refractivity contribution in [2.75, 3.05) is 5.75 Å². The van der Waals surface area contributed by atoms with Crippen molar-refractivity contribution in [3.8, 4) is 0 Å². The maximum Gasteiger partial charge on any atom is 0.330 e. The number of esters is 1. The summed E-state index contributed by atoms with van der Waals surface area (Å²) < 4.78 is 5.55. The number of hydrogen-bond acceptors (Lipinski definition) is 6. The number of rotatable bonds is 3. The fraction of sp³-hybridized carbons (Fsp3) is 0.700. The molecule has 0 aromatic carbocycles. The lowest BCUT2D eigenvalue weighted by atomic mass is 9.96. The number of carbonyl (C=O) groups is 2. The summed E-state index contributed by atoms with van der Waals surface area (Å²) >= 11 is 1.14. The van der Waals surface area contributed by atoms with Crippen LogP contribution in [0.5, 0.6) is 0 Å². The topological polar surface area (TPSA) is 95.9 Å². The highest BCUT2D eigenvalue weighted by atomic mass is 32.2. The van der Waals surface area contributed by atoms with Crippen LogP contribution >= 0.6 is 11.8 Å². The van der Waals surface area contributed by atoms with E-state index >= 15 is 0 Å². The molecule has 7 heteroatoms. The van der Waals surface area contributed by atoms with Crippen molar-refractivity contribution in [1.82, 2.24) is 5.32 Å². The summed E-state index contributed by atoms with van der Waals surface area (Å²) in [5.41, 5.74) is 0.939. The number of ether oxygens (including phenoxy) is 1. The first kappa shape index (κ1) is 22.0. The van der Waals surface area contributed by atoms with Gasteiger partial charge in [-0.3, -0.25) is 4.79 Å². The molecule has 0 bridgehead atoms. The molecule has 0 aromatic heterocycles. The van der Waals surface area contributed by atoms with Crippen LogP contribution in [0.3, 0.4) is 0 Å². The molecule has 2 heterocycles. The molecule has 1 amide bonds. The van der Waals surface area contributed by atoms with E-state index in [2.05, 4.69) is 24.4 Å². The normalized spacial score (nSPS) is 35.3. The first-order chi connectivity index (χ1) is 12.8. The molecule has 27 heavy (non-hydrogen) atoms. The van der Waals surface area contributed by atoms with Gasteiger partial charge in [0.1, 0.15) is 6.10 Å². The molecule has 6 nitrogen and oxygen atoms in total. The van der Waals surface area contributed by atoms with Crippen LogP contribution in [0.1, 0.15) is 52.4 Å². The van der Waals surface area contributed by atoms with Gasteiger partial charge in [0.05, 0.1) is 18.2 Å². The average Bonchev–Trinajstić information content (AvgIpc) is 3.02. The van der Waals surface area contributed by atoms with E-state index in [-0.39, 0.29) is 24.1 Å². The lowest BCUT2D eigenvalue weighted by Crippen LogP contribution is -2.41. The second-order valence-corrected chi connectivity index (χ2v) is 8.61. The Hall–Kier alpha value is -1.31. The second-order valence-electron chi connectivity index (χ2n) is 7.61. The summed E-state index contributed by atoms with van der Waals surface area (Å²) in [5.74, 6) is 0.423. The van der Waals surface area contributed by atoms with E-state index < -0.39 is 24.3 Å². The summed E-state index contributed by atoms with van der Waals surface area (Å²) in [7, 11) is 0. The third-order valence-corrected chi connectivity index (χ3v) is 5.88. The molecule has 3 N–H and O–H groups in total. The minimum absolute atomic E-state index is 0.150. The van der Waals surface area contributed by atoms with Crippen molar-refractivity contribution in [3.05, 3.63) is 23.8 Å². The van der Waals surface area contributed by atoms with Gasteiger partial charge in [-0.15, -0.1) is 0 Å². The average molecular weight is 398 g/mol. The molecule has 2 rings (SSSR count). The zero-order valence-electron chi connectivity index (χ0n) is 16.1. The smallest absolute Gasteiger partial charge is 0.330 e. The van der Waals surface area contributed by atoms with Gasteiger partial charge in [0.2, 0.25) is 0 Å². The van der Waals surface area contributed by atoms with E-state index in [0.29, 0.717) is 18.1 Å². The molecule has 152 valence electrons. The van der Waals surface area contributed by atoms with Gasteiger partial charge in [0, 0.05) is 24.7 Å². The van der Waals surface area contributed by atoms with Crippen LogP contribution in [-0.2, 0) is 9.53 Å². The van der Waals surface area contributed by atoms with Crippen molar-refractivity contribution in [1.29, 1.82) is 0 Å². The molecule has 2 aliphatic heterocycles. The minimum Gasteiger partial charge on any atom is -0.459 e. The van der Waals surface area contributed by atoms with Crippen molar-refractivity contribution in [2.45, 2.75) is 76.7 Å². The van der Waals surface area contributed by atoms with E-state index in [1.54, 1.807) is 0 Å². The Balaban J connectivity index is 2.04. The standard InChI is InChI=1S/C20H31NO5S/c1-13-5-3-4-6-14(2)9-19(24)26-16(10-15(22)8-7-13)11-18(23)17-12-27-20(25)21-17/h3,5,9,13,15-18,22-23H,4,6-8,10-12H2,1-2H3,(H,21,25)/b5-3-,14-9-/t13-,15-,16-,17+,18+/m1/s1. The van der Waals surface area contributed by atoms with Gasteiger partial charge in [-0.05, 0) is 38.5 Å². The Bertz CT molecular complexity index is 577. The monoisotopic (exact) mass is 397 g/mol. The maximum absolute atomic E-state index is 12.2. The maximum atomic E-state index is 12.2. The number of carbonyl (C=O) groups excluding carboxylic acids is 2. The molecule has 0 radical (unpaired) electrons. The van der Waals surface area contributed by atoms with Gasteiger partial charge in [0.25, 0.3) is 5.24 Å². The van der Waals surface area contributed by atoms with Crippen LogP contribution in [0.4, 0.5) is 4.79 Å². The fourth-order valence-corrected chi connectivity index (χ4v) is 4.19. The van der Waals surface area contributed by atoms with Crippen molar-refractivity contribution in [3.63, 3.8) is 0 Å². The van der Waals surface area contributed by atoms with Gasteiger partial charge >= 0.3 is 5.97 Å². The predicted molar refractivity (Wildman–Crippen MR) is 106 cm³/mol. The first-order valence-corrected chi connectivity index (χ1v) is 10.7. The molecular formula is C20H31NO5S. The van der Waals surface area contributed by atoms with Crippen LogP contribution in [0.15, 0.2) is 23.8 Å². The number of hydrogen-bond donors (Lipinski definition) is 3. The summed E-state index contributed by atoms with van der Waals surface area (Å²) in [6.45, 7) is 4.02. The van der Waals surface area contributed by atoms with Crippen molar-refractivity contribution >= 4 is 23.0 Å². The number of cyclic esters (lactones) is 1. The second kappa shape index (κ2) is 10.9. The van der Waals surface area contributed by atoms with Crippen molar-refractivity contribution < 1.29 is 24.5 Å². The first-order valence-electron chi connectivity index (χ1n) is 9.67. The number of amides is 1. The van der Waals surface area contributed by atoms with E-state index in [0.717, 1.165) is 36.6 Å². The number of nitrogens with one attached hydrogen (secondary N) is 1. The Morgan fingerprint density at radius 2 is 2.15 bits per heavy atom. The van der Waals surface area contributed by atoms with Crippen LogP contribution < -0.4 is 5.32 Å². The molecule has 0 aromatic rings. The van der Waals surface area contributed by atoms with Gasteiger partial charge in [-0.1, -0.05) is 36.4 Å². The molecule has 0 saturated carbocycles.